The minimum Gasteiger partial charge on any atom is -0.447 e. The second-order valence-corrected chi connectivity index (χ2v) is 5.30. The summed E-state index contributed by atoms with van der Waals surface area (Å²) in [4.78, 5) is 21.9. The van der Waals surface area contributed by atoms with Gasteiger partial charge in [0, 0.05) is 11.8 Å². The number of hydrogen-bond donors (Lipinski definition) is 0. The second-order valence-electron chi connectivity index (χ2n) is 3.74. The van der Waals surface area contributed by atoms with Crippen LogP contribution in [0, 0.1) is 0 Å². The van der Waals surface area contributed by atoms with Crippen LogP contribution in [-0.2, 0) is 23.8 Å². The fraction of sp³-hybridized carbons (Fsp3) is 0.636. The van der Waals surface area contributed by atoms with Crippen molar-refractivity contribution in [2.75, 3.05) is 19.0 Å². The Kier molecular flexibility index (Phi) is 5.02. The van der Waals surface area contributed by atoms with Gasteiger partial charge in [-0.25, -0.2) is 9.59 Å². The van der Waals surface area contributed by atoms with Gasteiger partial charge in [0.25, 0.3) is 0 Å². The van der Waals surface area contributed by atoms with Crippen molar-refractivity contribution >= 4 is 23.7 Å². The van der Waals surface area contributed by atoms with Crippen LogP contribution in [0.3, 0.4) is 0 Å². The summed E-state index contributed by atoms with van der Waals surface area (Å²) in [6.07, 6.45) is 0.0594. The highest BCUT2D eigenvalue weighted by atomic mass is 32.2. The van der Waals surface area contributed by atoms with Crippen molar-refractivity contribution in [3.05, 3.63) is 12.7 Å². The van der Waals surface area contributed by atoms with E-state index < -0.39 is 23.0 Å². The third-order valence-electron chi connectivity index (χ3n) is 2.11. The van der Waals surface area contributed by atoms with Crippen LogP contribution in [0.15, 0.2) is 12.7 Å². The van der Waals surface area contributed by atoms with Crippen LogP contribution in [0.5, 0.6) is 0 Å². The summed E-state index contributed by atoms with van der Waals surface area (Å²) < 4.78 is 15.3. The van der Waals surface area contributed by atoms with Crippen LogP contribution < -0.4 is 0 Å². The molecule has 0 bridgehead atoms. The van der Waals surface area contributed by atoms with Crippen molar-refractivity contribution in [2.24, 2.45) is 0 Å². The predicted molar refractivity (Wildman–Crippen MR) is 63.5 cm³/mol. The lowest BCUT2D eigenvalue weighted by atomic mass is 10.3. The average Bonchev–Trinajstić information content (AvgIpc) is 2.29. The number of ether oxygens (including phenoxy) is 3. The Labute approximate surface area is 104 Å². The largest absolute Gasteiger partial charge is 0.447 e. The van der Waals surface area contributed by atoms with Crippen LogP contribution in [0.4, 0.5) is 0 Å². The molecule has 1 aliphatic heterocycles. The van der Waals surface area contributed by atoms with Gasteiger partial charge in [-0.15, -0.1) is 11.8 Å². The molecule has 0 saturated carbocycles. The summed E-state index contributed by atoms with van der Waals surface area (Å²) in [6.45, 7) is 7.48. The van der Waals surface area contributed by atoms with Crippen molar-refractivity contribution in [1.29, 1.82) is 0 Å². The van der Waals surface area contributed by atoms with Crippen molar-refractivity contribution in [2.45, 2.75) is 24.9 Å². The lowest BCUT2D eigenvalue weighted by molar-refractivity contribution is -0.171. The van der Waals surface area contributed by atoms with Crippen molar-refractivity contribution in [3.8, 4) is 0 Å². The molecule has 0 amide bonds. The molecule has 6 heteroatoms. The molecule has 0 radical (unpaired) electrons. The van der Waals surface area contributed by atoms with E-state index in [1.807, 2.05) is 0 Å². The Balaban J connectivity index is 2.47. The molecule has 0 aromatic carbocycles. The van der Waals surface area contributed by atoms with E-state index in [4.69, 9.17) is 14.2 Å². The first-order valence-corrected chi connectivity index (χ1v) is 6.23. The number of esters is 2. The zero-order valence-corrected chi connectivity index (χ0v) is 10.7. The molecule has 96 valence electrons. The molecule has 0 aromatic rings. The van der Waals surface area contributed by atoms with Crippen LogP contribution in [-0.4, -0.2) is 41.9 Å². The topological polar surface area (TPSA) is 61.8 Å². The monoisotopic (exact) mass is 260 g/mol. The molecular formula is C11H16O5S. The van der Waals surface area contributed by atoms with Gasteiger partial charge in [-0.05, 0) is 13.8 Å². The first-order valence-electron chi connectivity index (χ1n) is 5.24. The highest BCUT2D eigenvalue weighted by Crippen LogP contribution is 2.30. The number of carbonyl (C=O) groups is 2. The Hall–Kier alpha value is -1.01. The molecule has 1 fully saturated rings. The summed E-state index contributed by atoms with van der Waals surface area (Å²) >= 11 is 1.51. The molecule has 0 spiro atoms. The van der Waals surface area contributed by atoms with Gasteiger partial charge in [0.15, 0.2) is 11.0 Å². The molecule has 17 heavy (non-hydrogen) atoms. The summed E-state index contributed by atoms with van der Waals surface area (Å²) in [7, 11) is 0. The summed E-state index contributed by atoms with van der Waals surface area (Å²) in [5.74, 6) is -0.460. The highest BCUT2D eigenvalue weighted by Gasteiger charge is 2.34. The van der Waals surface area contributed by atoms with E-state index in [-0.39, 0.29) is 0 Å². The molecule has 0 N–H and O–H groups in total. The quantitative estimate of drug-likeness (QED) is 0.558. The Morgan fingerprint density at radius 2 is 2.29 bits per heavy atom. The molecule has 5 nitrogen and oxygen atoms in total. The van der Waals surface area contributed by atoms with Gasteiger partial charge >= 0.3 is 11.9 Å². The van der Waals surface area contributed by atoms with Gasteiger partial charge in [0.05, 0.1) is 13.2 Å². The maximum Gasteiger partial charge on any atom is 0.348 e. The maximum atomic E-state index is 11.7. The van der Waals surface area contributed by atoms with Crippen LogP contribution in [0.1, 0.15) is 13.8 Å². The zero-order chi connectivity index (χ0) is 12.9. The van der Waals surface area contributed by atoms with E-state index in [1.54, 1.807) is 6.92 Å². The normalized spacial score (nSPS) is 25.8. The molecule has 2 unspecified atom stereocenters. The minimum absolute atomic E-state index is 0.339. The third-order valence-corrected chi connectivity index (χ3v) is 3.29. The molecule has 1 rings (SSSR count). The van der Waals surface area contributed by atoms with Gasteiger partial charge in [-0.3, -0.25) is 0 Å². The predicted octanol–water partition coefficient (Wildman–Crippen LogP) is 1.13. The highest BCUT2D eigenvalue weighted by molar-refractivity contribution is 8.00. The van der Waals surface area contributed by atoms with E-state index in [0.29, 0.717) is 13.2 Å². The van der Waals surface area contributed by atoms with Gasteiger partial charge in [0.1, 0.15) is 0 Å². The Morgan fingerprint density at radius 1 is 1.59 bits per heavy atom. The smallest absolute Gasteiger partial charge is 0.348 e. The van der Waals surface area contributed by atoms with E-state index >= 15 is 0 Å². The summed E-state index contributed by atoms with van der Waals surface area (Å²) in [5.41, 5.74) is 0. The van der Waals surface area contributed by atoms with Crippen LogP contribution in [0.25, 0.3) is 0 Å². The Bertz CT molecular complexity index is 309. The fourth-order valence-corrected chi connectivity index (χ4v) is 2.18. The first-order chi connectivity index (χ1) is 7.97. The zero-order valence-electron chi connectivity index (χ0n) is 9.93. The van der Waals surface area contributed by atoms with Gasteiger partial charge in [-0.2, -0.15) is 0 Å². The lowest BCUT2D eigenvalue weighted by Gasteiger charge is -2.32. The standard InChI is InChI=1S/C11H16O5S/c1-4-9(12)15-8(2)10(13)16-11(3)7-14-5-6-17-11/h4,8H,1,5-7H2,2-3H3. The SMILES string of the molecule is C=CC(=O)OC(C)C(=O)OC1(C)COCCS1. The number of hydrogen-bond acceptors (Lipinski definition) is 6. The molecule has 1 saturated heterocycles. The fourth-order valence-electron chi connectivity index (χ4n) is 1.24. The van der Waals surface area contributed by atoms with Crippen molar-refractivity contribution < 1.29 is 23.8 Å². The van der Waals surface area contributed by atoms with E-state index in [1.165, 1.54) is 18.7 Å². The van der Waals surface area contributed by atoms with Crippen LogP contribution >= 0.6 is 11.8 Å². The van der Waals surface area contributed by atoms with E-state index in [9.17, 15) is 9.59 Å². The molecular weight excluding hydrogens is 244 g/mol. The third kappa shape index (κ3) is 4.40. The van der Waals surface area contributed by atoms with Gasteiger partial charge in [0.2, 0.25) is 0 Å². The average molecular weight is 260 g/mol. The molecule has 1 heterocycles. The Morgan fingerprint density at radius 3 is 2.82 bits per heavy atom. The first kappa shape index (κ1) is 14.1. The second kappa shape index (κ2) is 6.07. The van der Waals surface area contributed by atoms with Crippen LogP contribution in [0.2, 0.25) is 0 Å². The number of carbonyl (C=O) groups excluding carboxylic acids is 2. The van der Waals surface area contributed by atoms with E-state index in [2.05, 4.69) is 6.58 Å². The van der Waals surface area contributed by atoms with Gasteiger partial charge < -0.3 is 14.2 Å². The van der Waals surface area contributed by atoms with Crippen molar-refractivity contribution in [3.63, 3.8) is 0 Å². The number of thioether (sulfide) groups is 1. The summed E-state index contributed by atoms with van der Waals surface area (Å²) in [6, 6.07) is 0. The maximum absolute atomic E-state index is 11.7. The number of rotatable bonds is 4. The van der Waals surface area contributed by atoms with Crippen molar-refractivity contribution in [1.82, 2.24) is 0 Å². The lowest BCUT2D eigenvalue weighted by Crippen LogP contribution is -2.40. The summed E-state index contributed by atoms with van der Waals surface area (Å²) in [5, 5.41) is 0. The minimum atomic E-state index is -0.945. The molecule has 1 aliphatic rings. The molecule has 2 atom stereocenters. The van der Waals surface area contributed by atoms with Gasteiger partial charge in [-0.1, -0.05) is 6.58 Å². The van der Waals surface area contributed by atoms with E-state index in [0.717, 1.165) is 11.8 Å². The molecule has 0 aromatic heterocycles. The molecule has 0 aliphatic carbocycles.